The molecule has 0 aliphatic carbocycles. The number of rotatable bonds is 6. The molecule has 3 aromatic carbocycles. The van der Waals surface area contributed by atoms with Gasteiger partial charge in [-0.05, 0) is 48.0 Å². The van der Waals surface area contributed by atoms with E-state index < -0.39 is 16.1 Å². The van der Waals surface area contributed by atoms with Crippen LogP contribution in [0.4, 0.5) is 0 Å². The Labute approximate surface area is 153 Å². The molecule has 6 heteroatoms. The van der Waals surface area contributed by atoms with E-state index in [0.717, 1.165) is 10.8 Å². The van der Waals surface area contributed by atoms with E-state index in [-0.39, 0.29) is 4.90 Å². The van der Waals surface area contributed by atoms with Crippen LogP contribution >= 0.6 is 0 Å². The molecule has 0 radical (unpaired) electrons. The Hall–Kier alpha value is -2.57. The van der Waals surface area contributed by atoms with Gasteiger partial charge in [-0.2, -0.15) is 0 Å². The van der Waals surface area contributed by atoms with Gasteiger partial charge in [0.15, 0.2) is 0 Å². The Morgan fingerprint density at radius 1 is 0.885 bits per heavy atom. The lowest BCUT2D eigenvalue weighted by Crippen LogP contribution is -2.27. The maximum atomic E-state index is 12.8. The molecule has 0 aliphatic heterocycles. The summed E-state index contributed by atoms with van der Waals surface area (Å²) in [5.74, 6) is 1.23. The molecule has 0 unspecified atom stereocenters. The molecular formula is C20H21NO4S. The standard InChI is InChI=1S/C20H21NO4S/c1-14(19-13-17(24-2)9-11-20(19)25-3)21-26(22,23)18-10-8-15-6-4-5-7-16(15)12-18/h4-14,21H,1-3H3/t14-/m0/s1. The molecule has 26 heavy (non-hydrogen) atoms. The van der Waals surface area contributed by atoms with Gasteiger partial charge in [-0.25, -0.2) is 13.1 Å². The van der Waals surface area contributed by atoms with Crippen LogP contribution in [-0.4, -0.2) is 22.6 Å². The third-order valence-electron chi connectivity index (χ3n) is 4.27. The average Bonchev–Trinajstić information content (AvgIpc) is 2.66. The van der Waals surface area contributed by atoms with E-state index in [4.69, 9.17) is 9.47 Å². The maximum Gasteiger partial charge on any atom is 0.241 e. The Morgan fingerprint density at radius 3 is 2.31 bits per heavy atom. The van der Waals surface area contributed by atoms with Crippen molar-refractivity contribution in [2.75, 3.05) is 14.2 Å². The first-order valence-corrected chi connectivity index (χ1v) is 9.66. The van der Waals surface area contributed by atoms with Crippen molar-refractivity contribution in [2.24, 2.45) is 0 Å². The fourth-order valence-electron chi connectivity index (χ4n) is 2.88. The predicted molar refractivity (Wildman–Crippen MR) is 102 cm³/mol. The van der Waals surface area contributed by atoms with Crippen LogP contribution < -0.4 is 14.2 Å². The minimum Gasteiger partial charge on any atom is -0.497 e. The summed E-state index contributed by atoms with van der Waals surface area (Å²) >= 11 is 0. The highest BCUT2D eigenvalue weighted by atomic mass is 32.2. The molecule has 3 aromatic rings. The van der Waals surface area contributed by atoms with Gasteiger partial charge in [-0.15, -0.1) is 0 Å². The number of sulfonamides is 1. The molecule has 0 bridgehead atoms. The number of hydrogen-bond acceptors (Lipinski definition) is 4. The zero-order chi connectivity index (χ0) is 18.7. The Bertz CT molecular complexity index is 1030. The zero-order valence-electron chi connectivity index (χ0n) is 14.9. The van der Waals surface area contributed by atoms with Crippen LogP contribution in [-0.2, 0) is 10.0 Å². The second kappa shape index (κ2) is 7.35. The van der Waals surface area contributed by atoms with Gasteiger partial charge in [-0.1, -0.05) is 30.3 Å². The largest absolute Gasteiger partial charge is 0.497 e. The summed E-state index contributed by atoms with van der Waals surface area (Å²) < 4.78 is 39.0. The number of benzene rings is 3. The molecule has 0 aliphatic rings. The third kappa shape index (κ3) is 3.66. The van der Waals surface area contributed by atoms with Crippen LogP contribution in [0.15, 0.2) is 65.6 Å². The van der Waals surface area contributed by atoms with Crippen molar-refractivity contribution in [3.63, 3.8) is 0 Å². The summed E-state index contributed by atoms with van der Waals surface area (Å²) in [7, 11) is -0.574. The van der Waals surface area contributed by atoms with E-state index in [1.54, 1.807) is 57.5 Å². The van der Waals surface area contributed by atoms with E-state index in [1.165, 1.54) is 0 Å². The molecule has 1 N–H and O–H groups in total. The first-order chi connectivity index (χ1) is 12.4. The van der Waals surface area contributed by atoms with Crippen molar-refractivity contribution >= 4 is 20.8 Å². The normalized spacial score (nSPS) is 12.7. The summed E-state index contributed by atoms with van der Waals surface area (Å²) in [6.07, 6.45) is 0. The molecule has 1 atom stereocenters. The molecule has 136 valence electrons. The van der Waals surface area contributed by atoms with Gasteiger partial charge in [-0.3, -0.25) is 0 Å². The van der Waals surface area contributed by atoms with Crippen LogP contribution in [0.2, 0.25) is 0 Å². The van der Waals surface area contributed by atoms with Crippen LogP contribution in [0.5, 0.6) is 11.5 Å². The highest BCUT2D eigenvalue weighted by molar-refractivity contribution is 7.89. The Kier molecular flexibility index (Phi) is 5.15. The van der Waals surface area contributed by atoms with Gasteiger partial charge in [0.05, 0.1) is 19.1 Å². The lowest BCUT2D eigenvalue weighted by Gasteiger charge is -2.18. The minimum absolute atomic E-state index is 0.227. The van der Waals surface area contributed by atoms with Crippen LogP contribution in [0.1, 0.15) is 18.5 Å². The fraction of sp³-hybridized carbons (Fsp3) is 0.200. The highest BCUT2D eigenvalue weighted by Crippen LogP contribution is 2.30. The van der Waals surface area contributed by atoms with Crippen molar-refractivity contribution in [1.82, 2.24) is 4.72 Å². The molecule has 0 heterocycles. The molecule has 0 saturated heterocycles. The van der Waals surface area contributed by atoms with Gasteiger partial charge in [0.1, 0.15) is 11.5 Å². The fourth-order valence-corrected chi connectivity index (χ4v) is 4.13. The van der Waals surface area contributed by atoms with Gasteiger partial charge in [0, 0.05) is 11.6 Å². The molecule has 0 saturated carbocycles. The first-order valence-electron chi connectivity index (χ1n) is 8.17. The number of nitrogens with one attached hydrogen (secondary N) is 1. The van der Waals surface area contributed by atoms with E-state index in [0.29, 0.717) is 17.1 Å². The summed E-state index contributed by atoms with van der Waals surface area (Å²) in [5, 5.41) is 1.87. The smallest absolute Gasteiger partial charge is 0.241 e. The van der Waals surface area contributed by atoms with Gasteiger partial charge in [0.2, 0.25) is 10.0 Å². The summed E-state index contributed by atoms with van der Waals surface area (Å²) in [6, 6.07) is 17.5. The van der Waals surface area contributed by atoms with Crippen molar-refractivity contribution in [3.05, 3.63) is 66.2 Å². The monoisotopic (exact) mass is 371 g/mol. The average molecular weight is 371 g/mol. The quantitative estimate of drug-likeness (QED) is 0.714. The van der Waals surface area contributed by atoms with E-state index in [2.05, 4.69) is 4.72 Å². The van der Waals surface area contributed by atoms with Crippen molar-refractivity contribution in [1.29, 1.82) is 0 Å². The summed E-state index contributed by atoms with van der Waals surface area (Å²) in [5.41, 5.74) is 0.705. The first kappa shape index (κ1) is 18.2. The zero-order valence-corrected chi connectivity index (χ0v) is 15.7. The second-order valence-corrected chi connectivity index (χ2v) is 7.67. The van der Waals surface area contributed by atoms with Crippen molar-refractivity contribution < 1.29 is 17.9 Å². The molecular weight excluding hydrogens is 350 g/mol. The minimum atomic E-state index is -3.69. The lowest BCUT2D eigenvalue weighted by molar-refractivity contribution is 0.395. The van der Waals surface area contributed by atoms with Crippen molar-refractivity contribution in [3.8, 4) is 11.5 Å². The molecule has 3 rings (SSSR count). The molecule has 0 spiro atoms. The summed E-state index contributed by atoms with van der Waals surface area (Å²) in [6.45, 7) is 1.77. The third-order valence-corrected chi connectivity index (χ3v) is 5.80. The topological polar surface area (TPSA) is 64.6 Å². The van der Waals surface area contributed by atoms with Gasteiger partial charge >= 0.3 is 0 Å². The number of ether oxygens (including phenoxy) is 2. The SMILES string of the molecule is COc1ccc(OC)c([C@H](C)NS(=O)(=O)c2ccc3ccccc3c2)c1. The Balaban J connectivity index is 1.93. The highest BCUT2D eigenvalue weighted by Gasteiger charge is 2.21. The Morgan fingerprint density at radius 2 is 1.62 bits per heavy atom. The van der Waals surface area contributed by atoms with E-state index in [9.17, 15) is 8.42 Å². The van der Waals surface area contributed by atoms with Crippen molar-refractivity contribution in [2.45, 2.75) is 17.9 Å². The lowest BCUT2D eigenvalue weighted by atomic mass is 10.1. The van der Waals surface area contributed by atoms with Gasteiger partial charge in [0.25, 0.3) is 0 Å². The van der Waals surface area contributed by atoms with E-state index in [1.807, 2.05) is 24.3 Å². The van der Waals surface area contributed by atoms with Gasteiger partial charge < -0.3 is 9.47 Å². The van der Waals surface area contributed by atoms with Crippen LogP contribution in [0, 0.1) is 0 Å². The number of hydrogen-bond donors (Lipinski definition) is 1. The van der Waals surface area contributed by atoms with Crippen LogP contribution in [0.3, 0.4) is 0 Å². The van der Waals surface area contributed by atoms with E-state index >= 15 is 0 Å². The molecule has 0 amide bonds. The number of methoxy groups -OCH3 is 2. The number of fused-ring (bicyclic) bond motifs is 1. The maximum absolute atomic E-state index is 12.8. The predicted octanol–water partition coefficient (Wildman–Crippen LogP) is 3.90. The second-order valence-electron chi connectivity index (χ2n) is 5.96. The summed E-state index contributed by atoms with van der Waals surface area (Å²) in [4.78, 5) is 0.227. The molecule has 0 aromatic heterocycles. The van der Waals surface area contributed by atoms with Crippen LogP contribution in [0.25, 0.3) is 10.8 Å². The molecule has 0 fully saturated rings. The molecule has 5 nitrogen and oxygen atoms in total.